The van der Waals surface area contributed by atoms with E-state index >= 15 is 0 Å². The van der Waals surface area contributed by atoms with Gasteiger partial charge in [-0.3, -0.25) is 9.36 Å². The maximum atomic E-state index is 13.3. The number of hydrogen-bond acceptors (Lipinski definition) is 7. The first kappa shape index (κ1) is 26.1. The average Bonchev–Trinajstić information content (AvgIpc) is 3.72. The van der Waals surface area contributed by atoms with Gasteiger partial charge in [0.1, 0.15) is 11.6 Å². The molecule has 1 saturated heterocycles. The van der Waals surface area contributed by atoms with Crippen molar-refractivity contribution in [1.29, 1.82) is 0 Å². The number of fused-ring (bicyclic) bond motifs is 1. The van der Waals surface area contributed by atoms with E-state index in [1.807, 2.05) is 45.9 Å². The fourth-order valence-electron chi connectivity index (χ4n) is 5.37. The normalized spacial score (nSPS) is 14.2. The van der Waals surface area contributed by atoms with Gasteiger partial charge in [0.15, 0.2) is 0 Å². The molecule has 9 nitrogen and oxygen atoms in total. The van der Waals surface area contributed by atoms with Crippen LogP contribution in [0.5, 0.6) is 0 Å². The lowest BCUT2D eigenvalue weighted by Crippen LogP contribution is -2.41. The molecule has 1 aliphatic heterocycles. The van der Waals surface area contributed by atoms with Crippen LogP contribution in [-0.4, -0.2) is 49.3 Å². The minimum Gasteiger partial charge on any atom is -0.467 e. The van der Waals surface area contributed by atoms with Gasteiger partial charge in [0.05, 0.1) is 23.8 Å². The van der Waals surface area contributed by atoms with E-state index in [0.29, 0.717) is 39.0 Å². The summed E-state index contributed by atoms with van der Waals surface area (Å²) in [6, 6.07) is 20.0. The van der Waals surface area contributed by atoms with Gasteiger partial charge >= 0.3 is 5.69 Å². The zero-order valence-electron chi connectivity index (χ0n) is 22.5. The lowest BCUT2D eigenvalue weighted by molar-refractivity contribution is -0.132. The number of likely N-dealkylation sites (tertiary alicyclic amines) is 1. The molecule has 1 fully saturated rings. The van der Waals surface area contributed by atoms with E-state index in [-0.39, 0.29) is 17.6 Å². The van der Waals surface area contributed by atoms with E-state index in [0.717, 1.165) is 40.6 Å². The van der Waals surface area contributed by atoms with E-state index in [4.69, 9.17) is 9.40 Å². The summed E-state index contributed by atoms with van der Waals surface area (Å²) in [5.74, 6) is 1.69. The third kappa shape index (κ3) is 5.72. The number of benzene rings is 2. The van der Waals surface area contributed by atoms with E-state index in [1.54, 1.807) is 6.26 Å². The number of rotatable bonds is 9. The van der Waals surface area contributed by atoms with Gasteiger partial charge in [0.2, 0.25) is 11.0 Å². The van der Waals surface area contributed by atoms with Crippen molar-refractivity contribution < 1.29 is 9.21 Å². The fourth-order valence-corrected chi connectivity index (χ4v) is 6.08. The van der Waals surface area contributed by atoms with Crippen molar-refractivity contribution >= 4 is 33.6 Å². The molecule has 0 aliphatic carbocycles. The quantitative estimate of drug-likeness (QED) is 0.276. The zero-order valence-corrected chi connectivity index (χ0v) is 23.3. The Morgan fingerprint density at radius 1 is 1.10 bits per heavy atom. The molecule has 1 amide bonds. The molecule has 5 aromatic rings. The molecule has 2 aromatic carbocycles. The van der Waals surface area contributed by atoms with Gasteiger partial charge in [-0.2, -0.15) is 4.37 Å². The zero-order chi connectivity index (χ0) is 27.5. The molecule has 6 rings (SSSR count). The predicted molar refractivity (Wildman–Crippen MR) is 156 cm³/mol. The number of imidazole rings is 1. The number of aromatic nitrogens is 4. The summed E-state index contributed by atoms with van der Waals surface area (Å²) < 4.78 is 12.0. The van der Waals surface area contributed by atoms with Gasteiger partial charge in [-0.25, -0.2) is 9.78 Å². The second kappa shape index (κ2) is 11.5. The highest BCUT2D eigenvalue weighted by Gasteiger charge is 2.26. The van der Waals surface area contributed by atoms with Crippen LogP contribution < -0.4 is 10.6 Å². The standard InChI is InChI=1S/C30H32N6O3S/c1-21-8-10-22(11-9-21)19-27-32-30(40-33-27)35(20-24-5-4-18-39-24)17-14-28(37)34-15-12-23(13-16-34)36-26-7-3-2-6-25(26)31-29(36)38/h2-11,18,23H,12-17,19-20H2,1H3,(H,31,38). The average molecular weight is 557 g/mol. The minimum absolute atomic E-state index is 0.0801. The third-order valence-corrected chi connectivity index (χ3v) is 8.35. The highest BCUT2D eigenvalue weighted by atomic mass is 32.1. The Hall–Kier alpha value is -4.18. The molecule has 0 atom stereocenters. The van der Waals surface area contributed by atoms with E-state index in [2.05, 4.69) is 45.4 Å². The molecule has 0 spiro atoms. The number of nitrogens with one attached hydrogen (secondary N) is 1. The summed E-state index contributed by atoms with van der Waals surface area (Å²) in [7, 11) is 0. The van der Waals surface area contributed by atoms with Gasteiger partial charge in [0.25, 0.3) is 0 Å². The first-order valence-electron chi connectivity index (χ1n) is 13.7. The van der Waals surface area contributed by atoms with Crippen molar-refractivity contribution in [1.82, 2.24) is 23.8 Å². The number of carbonyl (C=O) groups excluding carboxylic acids is 1. The molecule has 206 valence electrons. The van der Waals surface area contributed by atoms with Gasteiger partial charge < -0.3 is 19.2 Å². The second-order valence-corrected chi connectivity index (χ2v) is 11.1. The van der Waals surface area contributed by atoms with Crippen molar-refractivity contribution in [2.24, 2.45) is 0 Å². The summed E-state index contributed by atoms with van der Waals surface area (Å²) in [5, 5.41) is 0.781. The predicted octanol–water partition coefficient (Wildman–Crippen LogP) is 4.93. The van der Waals surface area contributed by atoms with E-state index in [9.17, 15) is 9.59 Å². The minimum atomic E-state index is -0.0849. The summed E-state index contributed by atoms with van der Waals surface area (Å²) >= 11 is 1.35. The molecule has 1 aliphatic rings. The molecule has 10 heteroatoms. The number of piperidine rings is 1. The van der Waals surface area contributed by atoms with Crippen LogP contribution in [0.2, 0.25) is 0 Å². The molecule has 1 N–H and O–H groups in total. The van der Waals surface area contributed by atoms with Crippen LogP contribution in [0.3, 0.4) is 0 Å². The lowest BCUT2D eigenvalue weighted by atomic mass is 10.0. The van der Waals surface area contributed by atoms with Crippen molar-refractivity contribution in [2.45, 2.75) is 45.2 Å². The number of carbonyl (C=O) groups is 1. The Labute approximate surface area is 236 Å². The number of furan rings is 1. The van der Waals surface area contributed by atoms with Crippen LogP contribution in [0.1, 0.15) is 48.0 Å². The second-order valence-electron chi connectivity index (χ2n) is 10.3. The Morgan fingerprint density at radius 2 is 1.90 bits per heavy atom. The molecular weight excluding hydrogens is 524 g/mol. The van der Waals surface area contributed by atoms with Crippen molar-refractivity contribution in [2.75, 3.05) is 24.5 Å². The van der Waals surface area contributed by atoms with Crippen LogP contribution in [0.25, 0.3) is 11.0 Å². The summed E-state index contributed by atoms with van der Waals surface area (Å²) in [6.07, 6.45) is 4.19. The number of para-hydroxylation sites is 2. The molecule has 0 unspecified atom stereocenters. The smallest absolute Gasteiger partial charge is 0.326 e. The third-order valence-electron chi connectivity index (χ3n) is 7.54. The Kier molecular flexibility index (Phi) is 7.50. The Morgan fingerprint density at radius 3 is 2.67 bits per heavy atom. The summed E-state index contributed by atoms with van der Waals surface area (Å²) in [4.78, 5) is 37.6. The van der Waals surface area contributed by atoms with Crippen molar-refractivity contribution in [3.8, 4) is 0 Å². The van der Waals surface area contributed by atoms with E-state index in [1.165, 1.54) is 22.7 Å². The molecule has 40 heavy (non-hydrogen) atoms. The maximum absolute atomic E-state index is 13.3. The topological polar surface area (TPSA) is 100 Å². The number of nitrogens with zero attached hydrogens (tertiary/aromatic N) is 5. The first-order chi connectivity index (χ1) is 19.5. The highest BCUT2D eigenvalue weighted by molar-refractivity contribution is 7.09. The van der Waals surface area contributed by atoms with Crippen molar-refractivity contribution in [3.05, 3.63) is 100 Å². The number of H-pyrrole nitrogens is 1. The van der Waals surface area contributed by atoms with Crippen LogP contribution in [0.15, 0.2) is 76.1 Å². The van der Waals surface area contributed by atoms with Crippen LogP contribution in [0.4, 0.5) is 5.13 Å². The Bertz CT molecular complexity index is 1630. The van der Waals surface area contributed by atoms with Gasteiger partial charge in [-0.05, 0) is 49.6 Å². The monoisotopic (exact) mass is 556 g/mol. The number of hydrogen-bond donors (Lipinski definition) is 1. The molecule has 0 bridgehead atoms. The molecule has 4 heterocycles. The van der Waals surface area contributed by atoms with Gasteiger partial charge in [-0.1, -0.05) is 42.0 Å². The van der Waals surface area contributed by atoms with Crippen LogP contribution in [0, 0.1) is 6.92 Å². The Balaban J connectivity index is 1.09. The van der Waals surface area contributed by atoms with Gasteiger partial charge in [0, 0.05) is 50.1 Å². The first-order valence-corrected chi connectivity index (χ1v) is 14.4. The SMILES string of the molecule is Cc1ccc(Cc2nsc(N(CCC(=O)N3CCC(n4c(=O)[nH]c5ccccc54)CC3)Cc3ccco3)n2)cc1. The highest BCUT2D eigenvalue weighted by Crippen LogP contribution is 2.26. The maximum Gasteiger partial charge on any atom is 0.326 e. The largest absolute Gasteiger partial charge is 0.467 e. The molecule has 0 radical (unpaired) electrons. The molecule has 3 aromatic heterocycles. The number of aromatic amines is 1. The van der Waals surface area contributed by atoms with Crippen molar-refractivity contribution in [3.63, 3.8) is 0 Å². The number of amides is 1. The van der Waals surface area contributed by atoms with Crippen LogP contribution in [-0.2, 0) is 17.8 Å². The number of anilines is 1. The molecule has 0 saturated carbocycles. The lowest BCUT2D eigenvalue weighted by Gasteiger charge is -2.33. The summed E-state index contributed by atoms with van der Waals surface area (Å²) in [5.41, 5.74) is 4.08. The van der Waals surface area contributed by atoms with Gasteiger partial charge in [-0.15, -0.1) is 0 Å². The van der Waals surface area contributed by atoms with Crippen LogP contribution >= 0.6 is 11.5 Å². The number of aryl methyl sites for hydroxylation is 1. The fraction of sp³-hybridized carbons (Fsp3) is 0.333. The van der Waals surface area contributed by atoms with E-state index < -0.39 is 0 Å². The summed E-state index contributed by atoms with van der Waals surface area (Å²) in [6.45, 7) is 4.37. The molecular formula is C30H32N6O3S.